The largest absolute Gasteiger partial charge is 0.497 e. The first kappa shape index (κ1) is 14.8. The van der Waals surface area contributed by atoms with E-state index in [1.807, 2.05) is 25.1 Å². The summed E-state index contributed by atoms with van der Waals surface area (Å²) in [6.07, 6.45) is 0. The highest BCUT2D eigenvalue weighted by atomic mass is 19.1. The molecule has 0 amide bonds. The van der Waals surface area contributed by atoms with Crippen molar-refractivity contribution >= 4 is 11.7 Å². The average Bonchev–Trinajstić information content (AvgIpc) is 2.45. The van der Waals surface area contributed by atoms with E-state index >= 15 is 0 Å². The number of carboxylic acids is 1. The van der Waals surface area contributed by atoms with Crippen LogP contribution in [-0.2, 0) is 6.54 Å². The average molecular weight is 289 g/mol. The Morgan fingerprint density at radius 2 is 2.05 bits per heavy atom. The third-order valence-electron chi connectivity index (χ3n) is 3.18. The zero-order valence-electron chi connectivity index (χ0n) is 11.8. The van der Waals surface area contributed by atoms with Gasteiger partial charge in [-0.15, -0.1) is 0 Å². The molecule has 2 aromatic rings. The number of methoxy groups -OCH3 is 1. The lowest BCUT2D eigenvalue weighted by molar-refractivity contribution is 0.0692. The number of carboxylic acid groups (broad SMARTS) is 1. The number of hydrogen-bond donors (Lipinski definition) is 2. The van der Waals surface area contributed by atoms with E-state index in [4.69, 9.17) is 9.84 Å². The first-order chi connectivity index (χ1) is 10.0. The number of anilines is 1. The SMILES string of the molecule is COc1ccc(NCc2ccc(C(=O)O)c(F)c2)c(C)c1. The molecule has 4 nitrogen and oxygen atoms in total. The van der Waals surface area contributed by atoms with Gasteiger partial charge in [-0.3, -0.25) is 0 Å². The Morgan fingerprint density at radius 1 is 1.29 bits per heavy atom. The van der Waals surface area contributed by atoms with Gasteiger partial charge in [-0.05, 0) is 48.4 Å². The van der Waals surface area contributed by atoms with E-state index in [-0.39, 0.29) is 5.56 Å². The van der Waals surface area contributed by atoms with E-state index in [1.165, 1.54) is 12.1 Å². The van der Waals surface area contributed by atoms with Gasteiger partial charge in [-0.25, -0.2) is 9.18 Å². The number of nitrogens with one attached hydrogen (secondary N) is 1. The van der Waals surface area contributed by atoms with Crippen molar-refractivity contribution in [2.24, 2.45) is 0 Å². The van der Waals surface area contributed by atoms with Gasteiger partial charge in [0, 0.05) is 12.2 Å². The van der Waals surface area contributed by atoms with Crippen molar-refractivity contribution in [1.29, 1.82) is 0 Å². The number of aromatic carboxylic acids is 1. The second kappa shape index (κ2) is 6.26. The molecule has 0 fully saturated rings. The van der Waals surface area contributed by atoms with Gasteiger partial charge in [0.15, 0.2) is 0 Å². The maximum absolute atomic E-state index is 13.6. The normalized spacial score (nSPS) is 10.2. The quantitative estimate of drug-likeness (QED) is 0.885. The van der Waals surface area contributed by atoms with E-state index in [1.54, 1.807) is 13.2 Å². The summed E-state index contributed by atoms with van der Waals surface area (Å²) < 4.78 is 18.7. The summed E-state index contributed by atoms with van der Waals surface area (Å²) in [6, 6.07) is 9.72. The predicted molar refractivity (Wildman–Crippen MR) is 78.4 cm³/mol. The first-order valence-electron chi connectivity index (χ1n) is 6.41. The van der Waals surface area contributed by atoms with Gasteiger partial charge in [-0.2, -0.15) is 0 Å². The summed E-state index contributed by atoms with van der Waals surface area (Å²) in [5, 5.41) is 12.0. The van der Waals surface area contributed by atoms with Gasteiger partial charge in [0.2, 0.25) is 0 Å². The van der Waals surface area contributed by atoms with Crippen molar-refractivity contribution in [1.82, 2.24) is 0 Å². The number of carbonyl (C=O) groups is 1. The minimum absolute atomic E-state index is 0.320. The van der Waals surface area contributed by atoms with E-state index < -0.39 is 11.8 Å². The molecule has 0 spiro atoms. The highest BCUT2D eigenvalue weighted by Crippen LogP contribution is 2.22. The molecule has 0 aromatic heterocycles. The minimum atomic E-state index is -1.27. The van der Waals surface area contributed by atoms with Gasteiger partial charge in [0.05, 0.1) is 12.7 Å². The second-order valence-corrected chi connectivity index (χ2v) is 4.65. The lowest BCUT2D eigenvalue weighted by Gasteiger charge is -2.11. The van der Waals surface area contributed by atoms with E-state index in [9.17, 15) is 9.18 Å². The Labute approximate surface area is 122 Å². The molecule has 5 heteroatoms. The molecule has 0 atom stereocenters. The zero-order chi connectivity index (χ0) is 15.4. The lowest BCUT2D eigenvalue weighted by Crippen LogP contribution is -2.05. The number of aryl methyl sites for hydroxylation is 1. The van der Waals surface area contributed by atoms with Crippen molar-refractivity contribution in [2.75, 3.05) is 12.4 Å². The molecule has 0 saturated heterocycles. The smallest absolute Gasteiger partial charge is 0.338 e. The molecule has 110 valence electrons. The number of rotatable bonds is 5. The first-order valence-corrected chi connectivity index (χ1v) is 6.41. The summed E-state index contributed by atoms with van der Waals surface area (Å²) in [5.74, 6) is -1.22. The third kappa shape index (κ3) is 3.51. The zero-order valence-corrected chi connectivity index (χ0v) is 11.8. The summed E-state index contributed by atoms with van der Waals surface area (Å²) in [6.45, 7) is 2.35. The molecule has 0 bridgehead atoms. The monoisotopic (exact) mass is 289 g/mol. The van der Waals surface area contributed by atoms with Gasteiger partial charge >= 0.3 is 5.97 Å². The molecule has 0 heterocycles. The van der Waals surface area contributed by atoms with Crippen LogP contribution in [0.25, 0.3) is 0 Å². The molecular formula is C16H16FNO3. The van der Waals surface area contributed by atoms with E-state index in [0.717, 1.165) is 17.0 Å². The maximum Gasteiger partial charge on any atom is 0.338 e. The van der Waals surface area contributed by atoms with Gasteiger partial charge < -0.3 is 15.2 Å². The Morgan fingerprint density at radius 3 is 2.62 bits per heavy atom. The summed E-state index contributed by atoms with van der Waals surface area (Å²) >= 11 is 0. The van der Waals surface area contributed by atoms with Crippen LogP contribution in [0.3, 0.4) is 0 Å². The van der Waals surface area contributed by atoms with Crippen molar-refractivity contribution < 1.29 is 19.0 Å². The number of benzene rings is 2. The van der Waals surface area contributed by atoms with Crippen LogP contribution in [0.5, 0.6) is 5.75 Å². The Hall–Kier alpha value is -2.56. The van der Waals surface area contributed by atoms with Crippen LogP contribution in [0.2, 0.25) is 0 Å². The number of hydrogen-bond acceptors (Lipinski definition) is 3. The molecular weight excluding hydrogens is 273 g/mol. The fourth-order valence-corrected chi connectivity index (χ4v) is 2.00. The summed E-state index contributed by atoms with van der Waals surface area (Å²) in [4.78, 5) is 10.7. The van der Waals surface area contributed by atoms with Crippen molar-refractivity contribution in [3.63, 3.8) is 0 Å². The molecule has 21 heavy (non-hydrogen) atoms. The highest BCUT2D eigenvalue weighted by molar-refractivity contribution is 5.87. The van der Waals surface area contributed by atoms with Crippen LogP contribution in [0.4, 0.5) is 10.1 Å². The molecule has 0 radical (unpaired) electrons. The van der Waals surface area contributed by atoms with Crippen LogP contribution >= 0.6 is 0 Å². The van der Waals surface area contributed by atoms with Crippen LogP contribution < -0.4 is 10.1 Å². The minimum Gasteiger partial charge on any atom is -0.497 e. The summed E-state index contributed by atoms with van der Waals surface area (Å²) in [7, 11) is 1.61. The fourth-order valence-electron chi connectivity index (χ4n) is 2.00. The molecule has 0 saturated carbocycles. The summed E-state index contributed by atoms with van der Waals surface area (Å²) in [5.41, 5.74) is 2.28. The number of ether oxygens (including phenoxy) is 1. The predicted octanol–water partition coefficient (Wildman–Crippen LogP) is 3.45. The van der Waals surface area contributed by atoms with Crippen LogP contribution in [-0.4, -0.2) is 18.2 Å². The van der Waals surface area contributed by atoms with E-state index in [0.29, 0.717) is 12.1 Å². The van der Waals surface area contributed by atoms with Crippen LogP contribution in [0.1, 0.15) is 21.5 Å². The van der Waals surface area contributed by atoms with Gasteiger partial charge in [0.25, 0.3) is 0 Å². The second-order valence-electron chi connectivity index (χ2n) is 4.65. The Kier molecular flexibility index (Phi) is 4.42. The Bertz CT molecular complexity index is 671. The molecule has 2 N–H and O–H groups in total. The van der Waals surface area contributed by atoms with Gasteiger partial charge in [-0.1, -0.05) is 6.07 Å². The standard InChI is InChI=1S/C16H16FNO3/c1-10-7-12(21-2)4-6-15(10)18-9-11-3-5-13(16(19)20)14(17)8-11/h3-8,18H,9H2,1-2H3,(H,19,20). The fraction of sp³-hybridized carbons (Fsp3) is 0.188. The third-order valence-corrected chi connectivity index (χ3v) is 3.18. The van der Waals surface area contributed by atoms with Crippen molar-refractivity contribution in [3.8, 4) is 5.75 Å². The molecule has 0 aliphatic carbocycles. The Balaban J connectivity index is 2.10. The highest BCUT2D eigenvalue weighted by Gasteiger charge is 2.10. The van der Waals surface area contributed by atoms with Gasteiger partial charge in [0.1, 0.15) is 11.6 Å². The molecule has 2 aromatic carbocycles. The molecule has 0 unspecified atom stereocenters. The maximum atomic E-state index is 13.6. The molecule has 0 aliphatic rings. The van der Waals surface area contributed by atoms with E-state index in [2.05, 4.69) is 5.32 Å². The lowest BCUT2D eigenvalue weighted by atomic mass is 10.1. The topological polar surface area (TPSA) is 58.6 Å². The van der Waals surface area contributed by atoms with Crippen LogP contribution in [0, 0.1) is 12.7 Å². The van der Waals surface area contributed by atoms with Crippen molar-refractivity contribution in [3.05, 3.63) is 58.9 Å². The molecule has 0 aliphatic heterocycles. The molecule has 2 rings (SSSR count). The van der Waals surface area contributed by atoms with Crippen LogP contribution in [0.15, 0.2) is 36.4 Å². The number of halogens is 1. The van der Waals surface area contributed by atoms with Crippen molar-refractivity contribution in [2.45, 2.75) is 13.5 Å².